The van der Waals surface area contributed by atoms with E-state index < -0.39 is 5.97 Å². The molecule has 2 N–H and O–H groups in total. The van der Waals surface area contributed by atoms with Crippen LogP contribution in [0.15, 0.2) is 54.7 Å². The summed E-state index contributed by atoms with van der Waals surface area (Å²) in [6.45, 7) is 8.76. The molecule has 1 fully saturated rings. The molecule has 1 saturated heterocycles. The summed E-state index contributed by atoms with van der Waals surface area (Å²) in [4.78, 5) is 27.0. The van der Waals surface area contributed by atoms with Gasteiger partial charge in [0.1, 0.15) is 16.8 Å². The lowest BCUT2D eigenvalue weighted by Crippen LogP contribution is -2.25. The number of aromatic carboxylic acids is 1. The fourth-order valence-electron chi connectivity index (χ4n) is 4.43. The van der Waals surface area contributed by atoms with Crippen LogP contribution in [-0.2, 0) is 0 Å². The van der Waals surface area contributed by atoms with Crippen molar-refractivity contribution in [2.75, 3.05) is 16.8 Å². The normalized spacial score (nSPS) is 14.4. The van der Waals surface area contributed by atoms with Crippen LogP contribution in [0.3, 0.4) is 0 Å². The zero-order valence-electron chi connectivity index (χ0n) is 21.9. The van der Waals surface area contributed by atoms with Gasteiger partial charge in [0, 0.05) is 18.3 Å². The number of aromatic nitrogens is 3. The van der Waals surface area contributed by atoms with Gasteiger partial charge in [-0.1, -0.05) is 58.9 Å². The van der Waals surface area contributed by atoms with Crippen LogP contribution in [0.25, 0.3) is 0 Å². The minimum absolute atomic E-state index is 0.297. The monoisotopic (exact) mass is 526 g/mol. The van der Waals surface area contributed by atoms with Crippen molar-refractivity contribution in [3.05, 3.63) is 93.1 Å². The molecule has 2 aromatic heterocycles. The first kappa shape index (κ1) is 26.8. The maximum absolute atomic E-state index is 10.5. The molecule has 1 unspecified atom stereocenters. The number of nitrogens with one attached hydrogen (secondary N) is 1. The van der Waals surface area contributed by atoms with E-state index in [0.29, 0.717) is 27.4 Å². The molecule has 0 aliphatic carbocycles. The lowest BCUT2D eigenvalue weighted by Gasteiger charge is -2.25. The minimum atomic E-state index is -0.859. The molecule has 38 heavy (non-hydrogen) atoms. The largest absolute Gasteiger partial charge is 0.478 e. The van der Waals surface area contributed by atoms with Gasteiger partial charge in [-0.15, -0.1) is 0 Å². The first-order valence-corrected chi connectivity index (χ1v) is 13.2. The average Bonchev–Trinajstić information content (AvgIpc) is 3.54. The highest BCUT2D eigenvalue weighted by Crippen LogP contribution is 2.35. The van der Waals surface area contributed by atoms with Crippen LogP contribution in [0.2, 0.25) is 0 Å². The summed E-state index contributed by atoms with van der Waals surface area (Å²) in [6.07, 6.45) is 3.79. The van der Waals surface area contributed by atoms with Crippen LogP contribution in [0, 0.1) is 39.0 Å². The van der Waals surface area contributed by atoms with E-state index in [2.05, 4.69) is 57.4 Å². The minimum Gasteiger partial charge on any atom is -0.478 e. The first-order chi connectivity index (χ1) is 18.2. The molecule has 0 amide bonds. The first-order valence-electron chi connectivity index (χ1n) is 12.4. The third-order valence-corrected chi connectivity index (χ3v) is 7.09. The Morgan fingerprint density at radius 3 is 2.47 bits per heavy atom. The van der Waals surface area contributed by atoms with Crippen LogP contribution >= 0.6 is 11.3 Å². The van der Waals surface area contributed by atoms with Crippen LogP contribution < -0.4 is 10.2 Å². The Bertz CT molecular complexity index is 1480. The van der Waals surface area contributed by atoms with E-state index in [-0.39, 0.29) is 0 Å². The molecular formula is C29H30N6O2S. The van der Waals surface area contributed by atoms with Gasteiger partial charge >= 0.3 is 5.97 Å². The smallest absolute Gasteiger partial charge is 0.335 e. The molecule has 8 nitrogen and oxygen atoms in total. The number of carbonyl (C=O) groups is 1. The zero-order chi connectivity index (χ0) is 27.2. The SMILES string of the molecule is Cc1ccc(C(=O)O)c(C)c1.Cc1ccc(C2CCCN2c2nc(C)cc(Nc3ncc(C#N)s3)n2)cc1. The number of nitrogens with zero attached hydrogens (tertiary/aromatic N) is 5. The van der Waals surface area contributed by atoms with Gasteiger partial charge in [0.15, 0.2) is 5.13 Å². The molecule has 1 atom stereocenters. The number of nitriles is 1. The summed E-state index contributed by atoms with van der Waals surface area (Å²) >= 11 is 1.31. The number of aryl methyl sites for hydroxylation is 4. The zero-order valence-corrected chi connectivity index (χ0v) is 22.7. The molecule has 9 heteroatoms. The summed E-state index contributed by atoms with van der Waals surface area (Å²) in [5.41, 5.74) is 5.76. The molecular weight excluding hydrogens is 496 g/mol. The standard InChI is InChI=1S/C20H20N6S.C9H10O2/c1-13-5-7-15(8-6-13)17-4-3-9-26(17)19-23-14(2)10-18(24-19)25-20-22-12-16(11-21)27-20;1-6-3-4-8(9(10)11)7(2)5-6/h5-8,10,12,17H,3-4,9H2,1-2H3,(H,22,23,24,25);3-5H,1-2H3,(H,10,11). The van der Waals surface area contributed by atoms with Crippen molar-refractivity contribution < 1.29 is 9.90 Å². The van der Waals surface area contributed by atoms with Crippen molar-refractivity contribution in [3.8, 4) is 6.07 Å². The lowest BCUT2D eigenvalue weighted by molar-refractivity contribution is 0.0696. The number of carboxylic acid groups (broad SMARTS) is 1. The van der Waals surface area contributed by atoms with E-state index in [1.807, 2.05) is 26.0 Å². The number of thiazole rings is 1. The predicted octanol–water partition coefficient (Wildman–Crippen LogP) is 6.51. The summed E-state index contributed by atoms with van der Waals surface area (Å²) in [6, 6.07) is 18.3. The van der Waals surface area contributed by atoms with Crippen molar-refractivity contribution in [2.24, 2.45) is 0 Å². The molecule has 5 rings (SSSR count). The van der Waals surface area contributed by atoms with Crippen LogP contribution in [0.1, 0.15) is 62.1 Å². The van der Waals surface area contributed by atoms with Gasteiger partial charge in [-0.05, 0) is 57.7 Å². The molecule has 0 bridgehead atoms. The van der Waals surface area contributed by atoms with Gasteiger partial charge < -0.3 is 15.3 Å². The Morgan fingerprint density at radius 2 is 1.82 bits per heavy atom. The molecule has 194 valence electrons. The second-order valence-corrected chi connectivity index (χ2v) is 10.4. The van der Waals surface area contributed by atoms with Gasteiger partial charge in [-0.3, -0.25) is 0 Å². The van der Waals surface area contributed by atoms with E-state index in [4.69, 9.17) is 15.4 Å². The number of rotatable bonds is 5. The van der Waals surface area contributed by atoms with Gasteiger partial charge in [-0.2, -0.15) is 10.2 Å². The van der Waals surface area contributed by atoms with E-state index in [9.17, 15) is 4.79 Å². The third kappa shape index (κ3) is 6.52. The quantitative estimate of drug-likeness (QED) is 0.302. The molecule has 3 heterocycles. The van der Waals surface area contributed by atoms with Crippen molar-refractivity contribution in [3.63, 3.8) is 0 Å². The Balaban J connectivity index is 0.000000257. The van der Waals surface area contributed by atoms with E-state index >= 15 is 0 Å². The molecule has 1 aliphatic rings. The number of anilines is 3. The Kier molecular flexibility index (Phi) is 8.34. The fraction of sp³-hybridized carbons (Fsp3) is 0.276. The molecule has 4 aromatic rings. The average molecular weight is 527 g/mol. The third-order valence-electron chi connectivity index (χ3n) is 6.28. The topological polar surface area (TPSA) is 115 Å². The van der Waals surface area contributed by atoms with Crippen molar-refractivity contribution in [1.82, 2.24) is 15.0 Å². The van der Waals surface area contributed by atoms with E-state index in [0.717, 1.165) is 42.2 Å². The van der Waals surface area contributed by atoms with Gasteiger partial charge in [0.25, 0.3) is 0 Å². The molecule has 0 radical (unpaired) electrons. The maximum Gasteiger partial charge on any atom is 0.335 e. The van der Waals surface area contributed by atoms with Gasteiger partial charge in [-0.25, -0.2) is 14.8 Å². The molecule has 2 aromatic carbocycles. The van der Waals surface area contributed by atoms with Gasteiger partial charge in [0.2, 0.25) is 5.95 Å². The highest BCUT2D eigenvalue weighted by Gasteiger charge is 2.28. The summed E-state index contributed by atoms with van der Waals surface area (Å²) in [7, 11) is 0. The van der Waals surface area contributed by atoms with Crippen LogP contribution in [-0.4, -0.2) is 32.6 Å². The van der Waals surface area contributed by atoms with Crippen LogP contribution in [0.4, 0.5) is 16.9 Å². The summed E-state index contributed by atoms with van der Waals surface area (Å²) in [5.74, 6) is 0.575. The van der Waals surface area contributed by atoms with Gasteiger partial charge in [0.05, 0.1) is 17.8 Å². The highest BCUT2D eigenvalue weighted by molar-refractivity contribution is 7.16. The predicted molar refractivity (Wildman–Crippen MR) is 150 cm³/mol. The fourth-order valence-corrected chi connectivity index (χ4v) is 5.05. The van der Waals surface area contributed by atoms with Crippen molar-refractivity contribution in [1.29, 1.82) is 5.26 Å². The number of hydrogen-bond acceptors (Lipinski definition) is 8. The molecule has 0 saturated carbocycles. The lowest BCUT2D eigenvalue weighted by atomic mass is 10.0. The number of carboxylic acids is 1. The second kappa shape index (κ2) is 11.8. The summed E-state index contributed by atoms with van der Waals surface area (Å²) in [5, 5.41) is 21.5. The maximum atomic E-state index is 10.5. The Labute approximate surface area is 226 Å². The van der Waals surface area contributed by atoms with Crippen molar-refractivity contribution in [2.45, 2.75) is 46.6 Å². The van der Waals surface area contributed by atoms with Crippen molar-refractivity contribution >= 4 is 34.2 Å². The Hall–Kier alpha value is -4.29. The van der Waals surface area contributed by atoms with E-state index in [1.165, 1.54) is 22.5 Å². The molecule has 0 spiro atoms. The van der Waals surface area contributed by atoms with Crippen LogP contribution in [0.5, 0.6) is 0 Å². The summed E-state index contributed by atoms with van der Waals surface area (Å²) < 4.78 is 0. The second-order valence-electron chi connectivity index (χ2n) is 9.35. The van der Waals surface area contributed by atoms with E-state index in [1.54, 1.807) is 25.3 Å². The molecule has 1 aliphatic heterocycles. The highest BCUT2D eigenvalue weighted by atomic mass is 32.1. The Morgan fingerprint density at radius 1 is 1.08 bits per heavy atom. The number of hydrogen-bond donors (Lipinski definition) is 2. The number of benzene rings is 2.